The number of phenolic OH excluding ortho intramolecular Hbond substituents is 1. The fraction of sp³-hybridized carbons (Fsp3) is 0.360. The predicted octanol–water partition coefficient (Wildman–Crippen LogP) is 3.17. The van der Waals surface area contributed by atoms with Crippen molar-refractivity contribution in [1.29, 1.82) is 0 Å². The second kappa shape index (κ2) is 10.4. The van der Waals surface area contributed by atoms with Crippen molar-refractivity contribution in [2.45, 2.75) is 19.4 Å². The van der Waals surface area contributed by atoms with Gasteiger partial charge in [0, 0.05) is 12.1 Å². The Labute approximate surface area is 193 Å². The van der Waals surface area contributed by atoms with Gasteiger partial charge in [0.15, 0.2) is 11.5 Å². The minimum absolute atomic E-state index is 0.00811. The van der Waals surface area contributed by atoms with E-state index < -0.39 is 17.7 Å². The van der Waals surface area contributed by atoms with E-state index in [0.717, 1.165) is 6.54 Å². The van der Waals surface area contributed by atoms with Crippen LogP contribution in [0.1, 0.15) is 30.5 Å². The molecule has 0 bridgehead atoms. The van der Waals surface area contributed by atoms with E-state index in [1.807, 2.05) is 25.9 Å². The lowest BCUT2D eigenvalue weighted by molar-refractivity contribution is -0.139. The Morgan fingerprint density at radius 1 is 1.15 bits per heavy atom. The van der Waals surface area contributed by atoms with Crippen LogP contribution in [0.4, 0.5) is 0 Å². The van der Waals surface area contributed by atoms with Gasteiger partial charge in [-0.25, -0.2) is 0 Å². The van der Waals surface area contributed by atoms with E-state index in [1.54, 1.807) is 36.4 Å². The summed E-state index contributed by atoms with van der Waals surface area (Å²) in [6, 6.07) is 10.6. The molecule has 1 heterocycles. The monoisotopic (exact) mass is 454 g/mol. The second-order valence-corrected chi connectivity index (χ2v) is 8.04. The number of hydrogen-bond acceptors (Lipinski definition) is 7. The number of aromatic hydroxyl groups is 1. The van der Waals surface area contributed by atoms with Crippen LogP contribution < -0.4 is 9.47 Å². The zero-order valence-electron chi connectivity index (χ0n) is 19.4. The summed E-state index contributed by atoms with van der Waals surface area (Å²) in [7, 11) is 5.29. The quantitative estimate of drug-likeness (QED) is 0.341. The van der Waals surface area contributed by atoms with E-state index in [4.69, 9.17) is 9.47 Å². The molecule has 1 fully saturated rings. The smallest absolute Gasteiger partial charge is 0.295 e. The predicted molar refractivity (Wildman–Crippen MR) is 124 cm³/mol. The van der Waals surface area contributed by atoms with Crippen LogP contribution in [-0.2, 0) is 9.59 Å². The van der Waals surface area contributed by atoms with E-state index in [-0.39, 0.29) is 22.8 Å². The highest BCUT2D eigenvalue weighted by atomic mass is 16.5. The topological polar surface area (TPSA) is 99.5 Å². The highest BCUT2D eigenvalue weighted by Gasteiger charge is 2.46. The molecule has 2 aromatic carbocycles. The van der Waals surface area contributed by atoms with Crippen LogP contribution in [0.2, 0.25) is 0 Å². The zero-order valence-corrected chi connectivity index (χ0v) is 19.4. The first-order valence-corrected chi connectivity index (χ1v) is 10.8. The van der Waals surface area contributed by atoms with Crippen molar-refractivity contribution in [3.8, 4) is 17.2 Å². The number of carbonyl (C=O) groups excluding carboxylic acids is 2. The van der Waals surface area contributed by atoms with E-state index in [1.165, 1.54) is 18.1 Å². The maximum Gasteiger partial charge on any atom is 0.295 e. The number of Topliss-reactive ketones (excluding diaryl/α,β-unsaturated/α-hetero) is 1. The average Bonchev–Trinajstić information content (AvgIpc) is 3.04. The molecule has 0 aromatic heterocycles. The summed E-state index contributed by atoms with van der Waals surface area (Å²) in [4.78, 5) is 29.6. The SMILES string of the molecule is CCOc1cccc(C(O)=C2C(=O)C(=O)N(CCCN(C)C)C2c2ccc(O)c(OC)c2)c1. The number of amides is 1. The minimum atomic E-state index is -0.822. The van der Waals surface area contributed by atoms with Crippen LogP contribution in [0.25, 0.3) is 5.76 Å². The summed E-state index contributed by atoms with van der Waals surface area (Å²) in [6.45, 7) is 3.36. The summed E-state index contributed by atoms with van der Waals surface area (Å²) < 4.78 is 10.7. The van der Waals surface area contributed by atoms with Crippen LogP contribution in [0, 0.1) is 0 Å². The molecule has 0 saturated carbocycles. The standard InChI is InChI=1S/C25H30N2O6/c1-5-33-18-9-6-8-17(14-18)23(29)21-22(16-10-11-19(28)20(15-16)32-4)27(25(31)24(21)30)13-7-12-26(2)3/h6,8-11,14-15,22,28-29H,5,7,12-13H2,1-4H3. The molecule has 2 aromatic rings. The largest absolute Gasteiger partial charge is 0.507 e. The molecule has 1 aliphatic rings. The highest BCUT2D eigenvalue weighted by molar-refractivity contribution is 6.46. The van der Waals surface area contributed by atoms with Gasteiger partial charge in [0.2, 0.25) is 0 Å². The van der Waals surface area contributed by atoms with Crippen LogP contribution in [-0.4, -0.2) is 72.6 Å². The minimum Gasteiger partial charge on any atom is -0.507 e. The lowest BCUT2D eigenvalue weighted by Crippen LogP contribution is -2.32. The Kier molecular flexibility index (Phi) is 7.60. The molecule has 8 heteroatoms. The van der Waals surface area contributed by atoms with Crippen LogP contribution in [0.3, 0.4) is 0 Å². The third-order valence-electron chi connectivity index (χ3n) is 5.48. The molecule has 33 heavy (non-hydrogen) atoms. The van der Waals surface area contributed by atoms with Crippen molar-refractivity contribution >= 4 is 17.4 Å². The first-order chi connectivity index (χ1) is 15.8. The molecular weight excluding hydrogens is 424 g/mol. The van der Waals surface area contributed by atoms with E-state index in [9.17, 15) is 19.8 Å². The second-order valence-electron chi connectivity index (χ2n) is 8.04. The van der Waals surface area contributed by atoms with Gasteiger partial charge in [-0.3, -0.25) is 9.59 Å². The van der Waals surface area contributed by atoms with Crippen molar-refractivity contribution in [2.24, 2.45) is 0 Å². The number of aliphatic hydroxyl groups excluding tert-OH is 1. The average molecular weight is 455 g/mol. The number of rotatable bonds is 9. The molecule has 1 saturated heterocycles. The summed E-state index contributed by atoms with van der Waals surface area (Å²) in [5, 5.41) is 21.2. The Morgan fingerprint density at radius 3 is 2.58 bits per heavy atom. The Hall–Kier alpha value is -3.52. The zero-order chi connectivity index (χ0) is 24.1. The molecular formula is C25H30N2O6. The van der Waals surface area contributed by atoms with Gasteiger partial charge in [0.25, 0.3) is 11.7 Å². The number of ketones is 1. The third-order valence-corrected chi connectivity index (χ3v) is 5.48. The van der Waals surface area contributed by atoms with Crippen molar-refractivity contribution < 1.29 is 29.3 Å². The summed E-state index contributed by atoms with van der Waals surface area (Å²) in [5.74, 6) is -1.00. The molecule has 0 spiro atoms. The van der Waals surface area contributed by atoms with Gasteiger partial charge in [-0.1, -0.05) is 18.2 Å². The van der Waals surface area contributed by atoms with Gasteiger partial charge in [-0.15, -0.1) is 0 Å². The molecule has 8 nitrogen and oxygen atoms in total. The number of phenols is 1. The molecule has 1 atom stereocenters. The highest BCUT2D eigenvalue weighted by Crippen LogP contribution is 2.42. The fourth-order valence-corrected chi connectivity index (χ4v) is 3.93. The molecule has 0 aliphatic carbocycles. The third kappa shape index (κ3) is 5.12. The molecule has 176 valence electrons. The normalized spacial score (nSPS) is 17.6. The van der Waals surface area contributed by atoms with E-state index in [0.29, 0.717) is 36.4 Å². The van der Waals surface area contributed by atoms with Crippen LogP contribution >= 0.6 is 0 Å². The molecule has 1 amide bonds. The van der Waals surface area contributed by atoms with Gasteiger partial charge < -0.3 is 29.5 Å². The number of nitrogens with zero attached hydrogens (tertiary/aromatic N) is 2. The van der Waals surface area contributed by atoms with Crippen molar-refractivity contribution in [2.75, 3.05) is 40.9 Å². The van der Waals surface area contributed by atoms with Gasteiger partial charge in [-0.05, 0) is 63.8 Å². The maximum atomic E-state index is 13.1. The summed E-state index contributed by atoms with van der Waals surface area (Å²) in [6.07, 6.45) is 0.644. The lowest BCUT2D eigenvalue weighted by Gasteiger charge is -2.26. The van der Waals surface area contributed by atoms with Gasteiger partial charge in [-0.2, -0.15) is 0 Å². The van der Waals surface area contributed by atoms with Crippen molar-refractivity contribution in [1.82, 2.24) is 9.80 Å². The Balaban J connectivity index is 2.13. The first-order valence-electron chi connectivity index (χ1n) is 10.8. The van der Waals surface area contributed by atoms with Crippen molar-refractivity contribution in [3.05, 3.63) is 59.2 Å². The van der Waals surface area contributed by atoms with Crippen molar-refractivity contribution in [3.63, 3.8) is 0 Å². The van der Waals surface area contributed by atoms with Gasteiger partial charge in [0.1, 0.15) is 11.5 Å². The Bertz CT molecular complexity index is 1060. The van der Waals surface area contributed by atoms with Crippen LogP contribution in [0.5, 0.6) is 17.2 Å². The fourth-order valence-electron chi connectivity index (χ4n) is 3.93. The number of carbonyl (C=O) groups is 2. The molecule has 1 aliphatic heterocycles. The summed E-state index contributed by atoms with van der Waals surface area (Å²) >= 11 is 0. The number of methoxy groups -OCH3 is 1. The number of aliphatic hydroxyl groups is 1. The number of ether oxygens (including phenoxy) is 2. The van der Waals surface area contributed by atoms with E-state index >= 15 is 0 Å². The first kappa shape index (κ1) is 24.1. The molecule has 0 radical (unpaired) electrons. The number of hydrogen-bond donors (Lipinski definition) is 2. The van der Waals surface area contributed by atoms with Gasteiger partial charge >= 0.3 is 0 Å². The van der Waals surface area contributed by atoms with E-state index in [2.05, 4.69) is 0 Å². The molecule has 2 N–H and O–H groups in total. The summed E-state index contributed by atoms with van der Waals surface area (Å²) in [5.41, 5.74) is 0.922. The number of benzene rings is 2. The number of likely N-dealkylation sites (tertiary alicyclic amines) is 1. The van der Waals surface area contributed by atoms with Gasteiger partial charge in [0.05, 0.1) is 25.3 Å². The molecule has 1 unspecified atom stereocenters. The maximum absolute atomic E-state index is 13.1. The Morgan fingerprint density at radius 2 is 1.91 bits per heavy atom. The lowest BCUT2D eigenvalue weighted by atomic mass is 9.95. The molecule has 3 rings (SSSR count). The van der Waals surface area contributed by atoms with Crippen LogP contribution in [0.15, 0.2) is 48.0 Å².